The smallest absolute Gasteiger partial charge is 0.413 e. The number of benzene rings is 1. The largest absolute Gasteiger partial charge is 0.444 e. The third kappa shape index (κ3) is 4.00. The van der Waals surface area contributed by atoms with Gasteiger partial charge in [-0.05, 0) is 43.2 Å². The van der Waals surface area contributed by atoms with E-state index in [1.54, 1.807) is 6.92 Å². The number of rotatable bonds is 4. The summed E-state index contributed by atoms with van der Waals surface area (Å²) >= 11 is 0. The highest BCUT2D eigenvalue weighted by Gasteiger charge is 2.20. The molecule has 0 spiro atoms. The van der Waals surface area contributed by atoms with Crippen LogP contribution in [0.4, 0.5) is 20.7 Å². The zero-order chi connectivity index (χ0) is 17.0. The van der Waals surface area contributed by atoms with E-state index in [4.69, 9.17) is 4.74 Å². The lowest BCUT2D eigenvalue weighted by molar-refractivity contribution is -0.384. The summed E-state index contributed by atoms with van der Waals surface area (Å²) in [6, 6.07) is 5.56. The van der Waals surface area contributed by atoms with E-state index in [2.05, 4.69) is 10.3 Å². The van der Waals surface area contributed by atoms with E-state index in [0.29, 0.717) is 16.7 Å². The Morgan fingerprint density at radius 1 is 1.35 bits per heavy atom. The summed E-state index contributed by atoms with van der Waals surface area (Å²) in [5.74, 6) is -0.564. The van der Waals surface area contributed by atoms with Crippen molar-refractivity contribution in [3.63, 3.8) is 0 Å². The minimum Gasteiger partial charge on any atom is -0.444 e. The third-order valence-corrected chi connectivity index (χ3v) is 3.19. The van der Waals surface area contributed by atoms with Crippen LogP contribution in [0.15, 0.2) is 30.5 Å². The molecule has 0 fully saturated rings. The number of nitro groups is 1. The molecule has 1 amide bonds. The zero-order valence-corrected chi connectivity index (χ0v) is 12.5. The van der Waals surface area contributed by atoms with Crippen LogP contribution in [0, 0.1) is 29.8 Å². The first-order valence-corrected chi connectivity index (χ1v) is 6.67. The lowest BCUT2D eigenvalue weighted by Gasteiger charge is -2.09. The van der Waals surface area contributed by atoms with Crippen molar-refractivity contribution in [3.05, 3.63) is 63.1 Å². The maximum absolute atomic E-state index is 13.0. The summed E-state index contributed by atoms with van der Waals surface area (Å²) in [7, 11) is 0. The maximum atomic E-state index is 13.0. The van der Waals surface area contributed by atoms with E-state index in [9.17, 15) is 19.3 Å². The number of nitrogens with zero attached hydrogens (tertiary/aromatic N) is 2. The molecule has 1 N–H and O–H groups in total. The first-order chi connectivity index (χ1) is 10.9. The van der Waals surface area contributed by atoms with E-state index in [1.165, 1.54) is 37.4 Å². The van der Waals surface area contributed by atoms with Gasteiger partial charge in [-0.25, -0.2) is 14.2 Å². The number of hydrogen-bond donors (Lipinski definition) is 1. The molecule has 0 aliphatic rings. The fourth-order valence-electron chi connectivity index (χ4n) is 1.97. The molecule has 120 valence electrons. The van der Waals surface area contributed by atoms with Crippen LogP contribution in [0.25, 0.3) is 0 Å². The number of carbonyl (C=O) groups is 1. The lowest BCUT2D eigenvalue weighted by atomic mass is 10.1. The van der Waals surface area contributed by atoms with Gasteiger partial charge in [0.1, 0.15) is 12.4 Å². The molecule has 0 saturated carbocycles. The number of halogens is 1. The SMILES string of the molecule is Cc1cc(F)ccc1COC(=O)Nc1nccc(C)c1[N+](=O)[O-]. The van der Waals surface area contributed by atoms with Gasteiger partial charge in [0.15, 0.2) is 0 Å². The van der Waals surface area contributed by atoms with Crippen LogP contribution in [-0.2, 0) is 11.3 Å². The molecule has 23 heavy (non-hydrogen) atoms. The molecule has 8 heteroatoms. The Kier molecular flexibility index (Phi) is 4.85. The molecule has 2 rings (SSSR count). The summed E-state index contributed by atoms with van der Waals surface area (Å²) < 4.78 is 18.0. The highest BCUT2D eigenvalue weighted by molar-refractivity contribution is 5.86. The second-order valence-corrected chi connectivity index (χ2v) is 4.85. The number of amides is 1. The summed E-state index contributed by atoms with van der Waals surface area (Å²) in [6.45, 7) is 3.14. The van der Waals surface area contributed by atoms with Gasteiger partial charge in [-0.3, -0.25) is 15.4 Å². The van der Waals surface area contributed by atoms with Crippen molar-refractivity contribution in [1.82, 2.24) is 4.98 Å². The first kappa shape index (κ1) is 16.3. The number of ether oxygens (including phenoxy) is 1. The van der Waals surface area contributed by atoms with Crippen molar-refractivity contribution in [2.24, 2.45) is 0 Å². The molecule has 1 heterocycles. The van der Waals surface area contributed by atoms with Gasteiger partial charge in [0, 0.05) is 11.8 Å². The Hall–Kier alpha value is -3.03. The van der Waals surface area contributed by atoms with E-state index < -0.39 is 11.0 Å². The predicted octanol–water partition coefficient (Wildman–Crippen LogP) is 3.49. The van der Waals surface area contributed by atoms with Gasteiger partial charge in [0.05, 0.1) is 4.92 Å². The number of aryl methyl sites for hydroxylation is 2. The molecule has 0 unspecified atom stereocenters. The van der Waals surface area contributed by atoms with Crippen molar-refractivity contribution in [2.75, 3.05) is 5.32 Å². The summed E-state index contributed by atoms with van der Waals surface area (Å²) in [4.78, 5) is 26.0. The fraction of sp³-hybridized carbons (Fsp3) is 0.200. The number of aromatic nitrogens is 1. The Morgan fingerprint density at radius 2 is 2.09 bits per heavy atom. The molecule has 0 bridgehead atoms. The topological polar surface area (TPSA) is 94.4 Å². The molecule has 0 atom stereocenters. The molecule has 0 radical (unpaired) electrons. The fourth-order valence-corrected chi connectivity index (χ4v) is 1.97. The average molecular weight is 319 g/mol. The monoisotopic (exact) mass is 319 g/mol. The van der Waals surface area contributed by atoms with Gasteiger partial charge in [0.25, 0.3) is 0 Å². The Labute approximate surface area is 131 Å². The van der Waals surface area contributed by atoms with Gasteiger partial charge >= 0.3 is 11.8 Å². The summed E-state index contributed by atoms with van der Waals surface area (Å²) in [5, 5.41) is 13.3. The third-order valence-electron chi connectivity index (χ3n) is 3.19. The normalized spacial score (nSPS) is 10.2. The molecule has 7 nitrogen and oxygen atoms in total. The van der Waals surface area contributed by atoms with Crippen LogP contribution in [-0.4, -0.2) is 16.0 Å². The van der Waals surface area contributed by atoms with E-state index in [-0.39, 0.29) is 23.9 Å². The molecule has 0 aliphatic carbocycles. The van der Waals surface area contributed by atoms with Gasteiger partial charge in [-0.1, -0.05) is 6.07 Å². The molecule has 0 saturated heterocycles. The number of anilines is 1. The van der Waals surface area contributed by atoms with Crippen LogP contribution in [0.5, 0.6) is 0 Å². The zero-order valence-electron chi connectivity index (χ0n) is 12.5. The molecule has 1 aromatic carbocycles. The molecular weight excluding hydrogens is 305 g/mol. The van der Waals surface area contributed by atoms with Gasteiger partial charge in [-0.15, -0.1) is 0 Å². The Balaban J connectivity index is 2.06. The second kappa shape index (κ2) is 6.82. The molecule has 1 aromatic heterocycles. The minimum absolute atomic E-state index is 0.0858. The van der Waals surface area contributed by atoms with Crippen LogP contribution >= 0.6 is 0 Å². The quantitative estimate of drug-likeness (QED) is 0.687. The Bertz CT molecular complexity index is 764. The number of carbonyl (C=O) groups excluding carboxylic acids is 1. The predicted molar refractivity (Wildman–Crippen MR) is 80.6 cm³/mol. The lowest BCUT2D eigenvalue weighted by Crippen LogP contribution is -2.16. The molecule has 2 aromatic rings. The number of nitrogens with one attached hydrogen (secondary N) is 1. The second-order valence-electron chi connectivity index (χ2n) is 4.85. The molecule has 0 aliphatic heterocycles. The van der Waals surface area contributed by atoms with Crippen molar-refractivity contribution < 1.29 is 18.8 Å². The number of hydrogen-bond acceptors (Lipinski definition) is 5. The summed E-state index contributed by atoms with van der Waals surface area (Å²) in [6.07, 6.45) is 0.470. The summed E-state index contributed by atoms with van der Waals surface area (Å²) in [5.41, 5.74) is 1.35. The molecular formula is C15H14FN3O4. The van der Waals surface area contributed by atoms with Crippen LogP contribution in [0.1, 0.15) is 16.7 Å². The van der Waals surface area contributed by atoms with E-state index >= 15 is 0 Å². The van der Waals surface area contributed by atoms with Crippen molar-refractivity contribution >= 4 is 17.6 Å². The standard InChI is InChI=1S/C15H14FN3O4/c1-9-5-6-17-14(13(9)19(21)22)18-15(20)23-8-11-3-4-12(16)7-10(11)2/h3-7H,8H2,1-2H3,(H,17,18,20). The van der Waals surface area contributed by atoms with Crippen molar-refractivity contribution in [2.45, 2.75) is 20.5 Å². The average Bonchev–Trinajstić information content (AvgIpc) is 2.46. The number of pyridine rings is 1. The van der Waals surface area contributed by atoms with Crippen LogP contribution in [0.3, 0.4) is 0 Å². The van der Waals surface area contributed by atoms with Gasteiger partial charge in [-0.2, -0.15) is 0 Å². The Morgan fingerprint density at radius 3 is 2.74 bits per heavy atom. The van der Waals surface area contributed by atoms with E-state index in [0.717, 1.165) is 0 Å². The highest BCUT2D eigenvalue weighted by Crippen LogP contribution is 2.25. The van der Waals surface area contributed by atoms with Crippen molar-refractivity contribution in [1.29, 1.82) is 0 Å². The van der Waals surface area contributed by atoms with Crippen LogP contribution in [0.2, 0.25) is 0 Å². The van der Waals surface area contributed by atoms with E-state index in [1.807, 2.05) is 0 Å². The minimum atomic E-state index is -0.880. The van der Waals surface area contributed by atoms with Gasteiger partial charge in [0.2, 0.25) is 5.82 Å². The maximum Gasteiger partial charge on any atom is 0.413 e. The van der Waals surface area contributed by atoms with Crippen LogP contribution < -0.4 is 5.32 Å². The van der Waals surface area contributed by atoms with Gasteiger partial charge < -0.3 is 4.74 Å². The van der Waals surface area contributed by atoms with Crippen molar-refractivity contribution in [3.8, 4) is 0 Å². The first-order valence-electron chi connectivity index (χ1n) is 6.67. The highest BCUT2D eigenvalue weighted by atomic mass is 19.1.